The fourth-order valence-corrected chi connectivity index (χ4v) is 4.73. The third kappa shape index (κ3) is 4.74. The second-order valence-electron chi connectivity index (χ2n) is 8.88. The van der Waals surface area contributed by atoms with E-state index < -0.39 is 5.54 Å². The quantitative estimate of drug-likeness (QED) is 0.748. The van der Waals surface area contributed by atoms with Crippen LogP contribution >= 0.6 is 0 Å². The highest BCUT2D eigenvalue weighted by Crippen LogP contribution is 2.30. The molecule has 2 aliphatic heterocycles. The SMILES string of the molecule is Cc1ccc([C@@H](CNC(=O)[C@]2(C)CCCCN2C(=O)c2ccccc2)N2CCOCC2)o1. The molecule has 7 heteroatoms. The first kappa shape index (κ1) is 22.6. The van der Waals surface area contributed by atoms with Gasteiger partial charge in [-0.1, -0.05) is 18.2 Å². The van der Waals surface area contributed by atoms with Crippen LogP contribution in [0.1, 0.15) is 54.1 Å². The number of likely N-dealkylation sites (tertiary alicyclic amines) is 1. The number of aryl methyl sites for hydroxylation is 1. The molecule has 32 heavy (non-hydrogen) atoms. The first-order valence-electron chi connectivity index (χ1n) is 11.5. The summed E-state index contributed by atoms with van der Waals surface area (Å²) in [5, 5.41) is 3.16. The van der Waals surface area contributed by atoms with Crippen molar-refractivity contribution in [3.63, 3.8) is 0 Å². The van der Waals surface area contributed by atoms with Crippen LogP contribution in [0.2, 0.25) is 0 Å². The maximum atomic E-state index is 13.5. The zero-order chi connectivity index (χ0) is 22.6. The van der Waals surface area contributed by atoms with Crippen molar-refractivity contribution in [3.8, 4) is 0 Å². The molecule has 2 saturated heterocycles. The predicted octanol–water partition coefficient (Wildman–Crippen LogP) is 3.16. The van der Waals surface area contributed by atoms with Gasteiger partial charge >= 0.3 is 0 Å². The highest BCUT2D eigenvalue weighted by molar-refractivity contribution is 5.99. The Kier molecular flexibility index (Phi) is 6.96. The highest BCUT2D eigenvalue weighted by atomic mass is 16.5. The first-order chi connectivity index (χ1) is 15.5. The fourth-order valence-electron chi connectivity index (χ4n) is 4.73. The number of amides is 2. The molecule has 0 spiro atoms. The van der Waals surface area contributed by atoms with Crippen LogP contribution < -0.4 is 5.32 Å². The summed E-state index contributed by atoms with van der Waals surface area (Å²) in [6.07, 6.45) is 2.48. The summed E-state index contributed by atoms with van der Waals surface area (Å²) in [5.41, 5.74) is -0.259. The summed E-state index contributed by atoms with van der Waals surface area (Å²) >= 11 is 0. The number of carbonyl (C=O) groups excluding carboxylic acids is 2. The van der Waals surface area contributed by atoms with Gasteiger partial charge in [-0.3, -0.25) is 14.5 Å². The van der Waals surface area contributed by atoms with Crippen molar-refractivity contribution in [2.75, 3.05) is 39.4 Å². The second-order valence-corrected chi connectivity index (χ2v) is 8.88. The van der Waals surface area contributed by atoms with E-state index in [0.29, 0.717) is 38.3 Å². The van der Waals surface area contributed by atoms with Gasteiger partial charge in [-0.25, -0.2) is 0 Å². The molecule has 4 rings (SSSR count). The smallest absolute Gasteiger partial charge is 0.254 e. The number of hydrogen-bond acceptors (Lipinski definition) is 5. The van der Waals surface area contributed by atoms with E-state index in [0.717, 1.165) is 37.5 Å². The first-order valence-corrected chi connectivity index (χ1v) is 11.5. The Morgan fingerprint density at radius 2 is 1.81 bits per heavy atom. The van der Waals surface area contributed by atoms with Crippen molar-refractivity contribution in [1.82, 2.24) is 15.1 Å². The molecule has 0 aliphatic carbocycles. The van der Waals surface area contributed by atoms with Gasteiger partial charge in [-0.2, -0.15) is 0 Å². The van der Waals surface area contributed by atoms with Gasteiger partial charge in [0.1, 0.15) is 17.1 Å². The van der Waals surface area contributed by atoms with E-state index in [1.807, 2.05) is 56.3 Å². The van der Waals surface area contributed by atoms with Crippen molar-refractivity contribution in [1.29, 1.82) is 0 Å². The Morgan fingerprint density at radius 3 is 2.50 bits per heavy atom. The molecule has 0 bridgehead atoms. The molecule has 0 radical (unpaired) electrons. The van der Waals surface area contributed by atoms with Gasteiger partial charge in [0, 0.05) is 31.7 Å². The normalized spacial score (nSPS) is 23.0. The highest BCUT2D eigenvalue weighted by Gasteiger charge is 2.44. The van der Waals surface area contributed by atoms with Crippen molar-refractivity contribution in [3.05, 3.63) is 59.5 Å². The molecule has 0 unspecified atom stereocenters. The zero-order valence-electron chi connectivity index (χ0n) is 19.0. The van der Waals surface area contributed by atoms with E-state index in [1.165, 1.54) is 0 Å². The Morgan fingerprint density at radius 1 is 1.06 bits per heavy atom. The summed E-state index contributed by atoms with van der Waals surface area (Å²) in [7, 11) is 0. The average Bonchev–Trinajstić information content (AvgIpc) is 3.26. The molecule has 2 aromatic rings. The monoisotopic (exact) mass is 439 g/mol. The number of nitrogens with zero attached hydrogens (tertiary/aromatic N) is 2. The molecule has 3 heterocycles. The molecule has 172 valence electrons. The van der Waals surface area contributed by atoms with Crippen LogP contribution in [-0.2, 0) is 9.53 Å². The number of rotatable bonds is 6. The van der Waals surface area contributed by atoms with Crippen LogP contribution in [-0.4, -0.2) is 66.5 Å². The van der Waals surface area contributed by atoms with Crippen molar-refractivity contribution in [2.45, 2.75) is 44.7 Å². The van der Waals surface area contributed by atoms with Gasteiger partial charge in [0.25, 0.3) is 5.91 Å². The molecule has 1 aromatic carbocycles. The Labute approximate surface area is 189 Å². The summed E-state index contributed by atoms with van der Waals surface area (Å²) in [5.74, 6) is 1.50. The Bertz CT molecular complexity index is 922. The van der Waals surface area contributed by atoms with E-state index in [4.69, 9.17) is 9.15 Å². The summed E-state index contributed by atoms with van der Waals surface area (Å²) in [4.78, 5) is 30.8. The number of ether oxygens (including phenoxy) is 1. The number of nitrogens with one attached hydrogen (secondary N) is 1. The third-order valence-corrected chi connectivity index (χ3v) is 6.68. The minimum absolute atomic E-state index is 0.0676. The molecule has 0 saturated carbocycles. The lowest BCUT2D eigenvalue weighted by Gasteiger charge is -2.44. The van der Waals surface area contributed by atoms with E-state index in [-0.39, 0.29) is 17.9 Å². The largest absolute Gasteiger partial charge is 0.465 e. The number of morpholine rings is 1. The van der Waals surface area contributed by atoms with E-state index in [1.54, 1.807) is 4.90 Å². The van der Waals surface area contributed by atoms with Crippen molar-refractivity contribution < 1.29 is 18.7 Å². The molecule has 1 N–H and O–H groups in total. The third-order valence-electron chi connectivity index (χ3n) is 6.68. The summed E-state index contributed by atoms with van der Waals surface area (Å²) in [6, 6.07) is 13.1. The lowest BCUT2D eigenvalue weighted by Crippen LogP contribution is -2.61. The van der Waals surface area contributed by atoms with Crippen molar-refractivity contribution >= 4 is 11.8 Å². The van der Waals surface area contributed by atoms with Gasteiger partial charge in [-0.05, 0) is 57.4 Å². The molecule has 2 aliphatic rings. The lowest BCUT2D eigenvalue weighted by molar-refractivity contribution is -0.133. The Hall–Kier alpha value is -2.64. The van der Waals surface area contributed by atoms with E-state index in [9.17, 15) is 9.59 Å². The number of hydrogen-bond donors (Lipinski definition) is 1. The van der Waals surface area contributed by atoms with Gasteiger partial charge in [0.15, 0.2) is 0 Å². The molecule has 7 nitrogen and oxygen atoms in total. The number of carbonyl (C=O) groups is 2. The van der Waals surface area contributed by atoms with Gasteiger partial charge in [0.2, 0.25) is 5.91 Å². The number of piperidine rings is 1. The minimum Gasteiger partial charge on any atom is -0.465 e. The maximum absolute atomic E-state index is 13.5. The zero-order valence-corrected chi connectivity index (χ0v) is 19.0. The predicted molar refractivity (Wildman–Crippen MR) is 121 cm³/mol. The van der Waals surface area contributed by atoms with Crippen LogP contribution in [0.15, 0.2) is 46.9 Å². The van der Waals surface area contributed by atoms with Gasteiger partial charge < -0.3 is 19.4 Å². The van der Waals surface area contributed by atoms with Crippen molar-refractivity contribution in [2.24, 2.45) is 0 Å². The van der Waals surface area contributed by atoms with Crippen LogP contribution in [0.25, 0.3) is 0 Å². The fraction of sp³-hybridized carbons (Fsp3) is 0.520. The molecule has 2 amide bonds. The number of furan rings is 1. The molecule has 2 atom stereocenters. The van der Waals surface area contributed by atoms with E-state index >= 15 is 0 Å². The standard InChI is InChI=1S/C25H33N3O4/c1-19-10-11-22(32-19)21(27-14-16-31-17-15-27)18-26-24(30)25(2)12-6-7-13-28(25)23(29)20-8-4-3-5-9-20/h3-5,8-11,21H,6-7,12-18H2,1-2H3,(H,26,30)/t21-,25+/m1/s1. The van der Waals surface area contributed by atoms with Crippen LogP contribution in [0.3, 0.4) is 0 Å². The number of benzene rings is 1. The Balaban J connectivity index is 1.50. The summed E-state index contributed by atoms with van der Waals surface area (Å²) in [6.45, 7) is 7.74. The van der Waals surface area contributed by atoms with Crippen LogP contribution in [0.4, 0.5) is 0 Å². The lowest BCUT2D eigenvalue weighted by atomic mass is 9.86. The van der Waals surface area contributed by atoms with E-state index in [2.05, 4.69) is 10.2 Å². The summed E-state index contributed by atoms with van der Waals surface area (Å²) < 4.78 is 11.4. The second kappa shape index (κ2) is 9.88. The minimum atomic E-state index is -0.875. The van der Waals surface area contributed by atoms with Crippen LogP contribution in [0, 0.1) is 6.92 Å². The van der Waals surface area contributed by atoms with Gasteiger partial charge in [-0.15, -0.1) is 0 Å². The molecule has 2 fully saturated rings. The molecular weight excluding hydrogens is 406 g/mol. The molecular formula is C25H33N3O4. The van der Waals surface area contributed by atoms with Gasteiger partial charge in [0.05, 0.1) is 19.3 Å². The van der Waals surface area contributed by atoms with Crippen LogP contribution in [0.5, 0.6) is 0 Å². The topological polar surface area (TPSA) is 75.0 Å². The maximum Gasteiger partial charge on any atom is 0.254 e. The average molecular weight is 440 g/mol. The molecule has 1 aromatic heterocycles.